The van der Waals surface area contributed by atoms with Gasteiger partial charge in [0.25, 0.3) is 22.4 Å². The molecular weight excluding hydrogens is 993 g/mol. The summed E-state index contributed by atoms with van der Waals surface area (Å²) in [6.45, 7) is 54.4. The molecule has 0 aromatic heterocycles. The molecule has 0 unspecified atom stereocenters. The van der Waals surface area contributed by atoms with Gasteiger partial charge in [0.1, 0.15) is 32.3 Å². The topological polar surface area (TPSA) is 36.9 Å². The van der Waals surface area contributed by atoms with Crippen molar-refractivity contribution in [3.8, 4) is 141 Å². The van der Waals surface area contributed by atoms with Crippen molar-refractivity contribution in [1.82, 2.24) is 0 Å². The van der Waals surface area contributed by atoms with Crippen molar-refractivity contribution in [2.75, 3.05) is 28.4 Å². The minimum Gasteiger partial charge on any atom is -0.345 e. The first kappa shape index (κ1) is 69.4. The third kappa shape index (κ3) is 15.8. The van der Waals surface area contributed by atoms with Gasteiger partial charge in [0.2, 0.25) is 0 Å². The fraction of sp³-hybridized carbons (Fsp3) is 0.647. The summed E-state index contributed by atoms with van der Waals surface area (Å²) in [6.07, 6.45) is 0. The standard InChI is InChI=1S/C68H96O4Si4/c1-53(2)73(54(3)4,55(5)6)49-45-65(69-25)37-29-31-39-66(70-26,46-50-74(56(7)8,57(9)10)58(11)12)41-33-35-43-68(72-28,48-52-76(62(19)20,63(21)22)64(23)24)44-36-34-42-67(71-27,40-32-30-38-65)47-51-75(59(13)14,60(15)16)61(17)18/h53-64H,1-28H3. The van der Waals surface area contributed by atoms with Crippen LogP contribution in [0.5, 0.6) is 0 Å². The number of hydrogen-bond donors (Lipinski definition) is 0. The predicted molar refractivity (Wildman–Crippen MR) is 336 cm³/mol. The summed E-state index contributed by atoms with van der Waals surface area (Å²) in [5, 5.41) is 0. The first-order valence-corrected chi connectivity index (χ1v) is 36.7. The van der Waals surface area contributed by atoms with E-state index in [4.69, 9.17) is 18.9 Å². The SMILES string of the molecule is COC1(C#C[Si](C(C)C)(C(C)C)C(C)C)C#CC#CC(C#C[Si](C(C)C)(C(C)C)C(C)C)(OC)C#CC#CC(C#C[Si](C(C)C)(C(C)C)C(C)C)(OC)C#CC#CC(C#C[Si](C(C)C)(C(C)C)C(C)C)(OC)C#CC#C1. The van der Waals surface area contributed by atoms with Crippen LogP contribution >= 0.6 is 0 Å². The molecule has 408 valence electrons. The number of ether oxygens (including phenoxy) is 4. The van der Waals surface area contributed by atoms with Gasteiger partial charge in [-0.1, -0.05) is 166 Å². The predicted octanol–water partition coefficient (Wildman–Crippen LogP) is 14.5. The molecule has 0 aliphatic heterocycles. The molecule has 1 aliphatic rings. The van der Waals surface area contributed by atoms with E-state index in [0.29, 0.717) is 66.5 Å². The van der Waals surface area contributed by atoms with Crippen molar-refractivity contribution >= 4 is 32.3 Å². The molecule has 1 rings (SSSR count). The molecule has 0 saturated carbocycles. The Balaban J connectivity index is 5.22. The Labute approximate surface area is 472 Å². The molecule has 0 amide bonds. The second kappa shape index (κ2) is 29.4. The Hall–Kier alpha value is -4.57. The monoisotopic (exact) mass is 1090 g/mol. The number of hydrogen-bond acceptors (Lipinski definition) is 4. The molecule has 4 nitrogen and oxygen atoms in total. The lowest BCUT2D eigenvalue weighted by Crippen LogP contribution is -2.44. The van der Waals surface area contributed by atoms with Crippen LogP contribution in [-0.4, -0.2) is 83.1 Å². The molecule has 0 spiro atoms. The Bertz CT molecular complexity index is 2260. The Morgan fingerprint density at radius 1 is 0.224 bits per heavy atom. The van der Waals surface area contributed by atoms with Gasteiger partial charge in [-0.2, -0.15) is 0 Å². The number of rotatable bonds is 16. The molecule has 8 heteroatoms. The van der Waals surface area contributed by atoms with E-state index in [1.807, 2.05) is 0 Å². The first-order chi connectivity index (χ1) is 35.2. The first-order valence-electron chi connectivity index (χ1n) is 27.8. The lowest BCUT2D eigenvalue weighted by molar-refractivity contribution is 0.138. The molecule has 0 saturated heterocycles. The van der Waals surface area contributed by atoms with Crippen LogP contribution in [-0.2, 0) is 18.9 Å². The van der Waals surface area contributed by atoms with E-state index in [9.17, 15) is 0 Å². The Kier molecular flexibility index (Phi) is 26.9. The highest BCUT2D eigenvalue weighted by Gasteiger charge is 2.46. The third-order valence-corrected chi connectivity index (χ3v) is 41.8. The summed E-state index contributed by atoms with van der Waals surface area (Å²) >= 11 is 0. The van der Waals surface area contributed by atoms with Gasteiger partial charge in [-0.05, 0) is 185 Å². The lowest BCUT2D eigenvalue weighted by Gasteiger charge is -2.38. The highest BCUT2D eigenvalue weighted by atomic mass is 28.3. The smallest absolute Gasteiger partial charge is 0.255 e. The Morgan fingerprint density at radius 2 is 0.329 bits per heavy atom. The summed E-state index contributed by atoms with van der Waals surface area (Å²) in [6, 6.07) is 0. The molecule has 1 aliphatic carbocycles. The molecule has 76 heavy (non-hydrogen) atoms. The Morgan fingerprint density at radius 3 is 0.408 bits per heavy atom. The molecule has 0 radical (unpaired) electrons. The van der Waals surface area contributed by atoms with Gasteiger partial charge in [0.05, 0.1) is 0 Å². The molecule has 0 atom stereocenters. The summed E-state index contributed by atoms with van der Waals surface area (Å²) in [4.78, 5) is 0. The molecular formula is C68H96O4Si4. The molecule has 0 bridgehead atoms. The molecule has 0 N–H and O–H groups in total. The van der Waals surface area contributed by atoms with Crippen molar-refractivity contribution < 1.29 is 18.9 Å². The average Bonchev–Trinajstić information content (AvgIpc) is 3.32. The summed E-state index contributed by atoms with van der Waals surface area (Å²) in [5.41, 5.74) is 13.0. The van der Waals surface area contributed by atoms with Gasteiger partial charge in [-0.3, -0.25) is 0 Å². The summed E-state index contributed by atoms with van der Waals surface area (Å²) < 4.78 is 25.0. The average molecular weight is 1090 g/mol. The molecule has 0 aromatic rings. The van der Waals surface area contributed by atoms with E-state index in [-0.39, 0.29) is 0 Å². The zero-order valence-electron chi connectivity index (χ0n) is 52.6. The van der Waals surface area contributed by atoms with Crippen LogP contribution in [0.3, 0.4) is 0 Å². The maximum Gasteiger partial charge on any atom is 0.255 e. The van der Waals surface area contributed by atoms with Crippen LogP contribution in [0.15, 0.2) is 0 Å². The quantitative estimate of drug-likeness (QED) is 0.114. The van der Waals surface area contributed by atoms with Gasteiger partial charge in [0, 0.05) is 28.4 Å². The van der Waals surface area contributed by atoms with E-state index in [1.54, 1.807) is 28.4 Å². The summed E-state index contributed by atoms with van der Waals surface area (Å²) in [5.74, 6) is 64.3. The van der Waals surface area contributed by atoms with Crippen molar-refractivity contribution in [2.24, 2.45) is 0 Å². The fourth-order valence-corrected chi connectivity index (χ4v) is 33.5. The molecule has 0 fully saturated rings. The van der Waals surface area contributed by atoms with E-state index in [0.717, 1.165) is 0 Å². The van der Waals surface area contributed by atoms with Crippen LogP contribution < -0.4 is 0 Å². The van der Waals surface area contributed by atoms with Gasteiger partial charge in [0.15, 0.2) is 0 Å². The van der Waals surface area contributed by atoms with Gasteiger partial charge >= 0.3 is 0 Å². The van der Waals surface area contributed by atoms with Crippen LogP contribution in [0.4, 0.5) is 0 Å². The van der Waals surface area contributed by atoms with Gasteiger partial charge in [-0.15, -0.1) is 22.2 Å². The normalized spacial score (nSPS) is 20.7. The van der Waals surface area contributed by atoms with E-state index in [1.165, 1.54) is 0 Å². The van der Waals surface area contributed by atoms with Crippen molar-refractivity contribution in [2.45, 2.75) is 255 Å². The fourth-order valence-electron chi connectivity index (χ4n) is 12.5. The second-order valence-corrected chi connectivity index (χ2v) is 46.5. The molecule has 0 heterocycles. The van der Waals surface area contributed by atoms with Gasteiger partial charge in [-0.25, -0.2) is 0 Å². The van der Waals surface area contributed by atoms with Crippen molar-refractivity contribution in [1.29, 1.82) is 0 Å². The largest absolute Gasteiger partial charge is 0.345 e. The van der Waals surface area contributed by atoms with E-state index in [2.05, 4.69) is 307 Å². The second-order valence-electron chi connectivity index (χ2n) is 24.1. The zero-order valence-corrected chi connectivity index (χ0v) is 56.6. The highest BCUT2D eigenvalue weighted by molar-refractivity contribution is 6.92. The van der Waals surface area contributed by atoms with E-state index < -0.39 is 54.7 Å². The minimum absolute atomic E-state index is 0.347. The number of methoxy groups -OCH3 is 4. The van der Waals surface area contributed by atoms with Crippen LogP contribution in [0.1, 0.15) is 166 Å². The maximum atomic E-state index is 6.24. The highest BCUT2D eigenvalue weighted by Crippen LogP contribution is 2.44. The van der Waals surface area contributed by atoms with Crippen molar-refractivity contribution in [3.63, 3.8) is 0 Å². The maximum absolute atomic E-state index is 6.24. The third-order valence-electron chi connectivity index (χ3n) is 16.7. The summed E-state index contributed by atoms with van der Waals surface area (Å²) in [7, 11) is -2.95. The molecule has 0 aromatic carbocycles. The van der Waals surface area contributed by atoms with E-state index >= 15 is 0 Å². The minimum atomic E-state index is -2.30. The van der Waals surface area contributed by atoms with Crippen molar-refractivity contribution in [3.05, 3.63) is 0 Å². The zero-order chi connectivity index (χ0) is 58.7. The van der Waals surface area contributed by atoms with Gasteiger partial charge < -0.3 is 18.9 Å². The van der Waals surface area contributed by atoms with Crippen LogP contribution in [0.25, 0.3) is 0 Å². The van der Waals surface area contributed by atoms with Crippen LogP contribution in [0.2, 0.25) is 66.5 Å². The van der Waals surface area contributed by atoms with Crippen LogP contribution in [0, 0.1) is 141 Å². The lowest BCUT2D eigenvalue weighted by atomic mass is 10.0.